The van der Waals surface area contributed by atoms with Crippen LogP contribution >= 0.6 is 0 Å². The third-order valence-electron chi connectivity index (χ3n) is 7.63. The zero-order valence-corrected chi connectivity index (χ0v) is 25.1. The van der Waals surface area contributed by atoms with Crippen LogP contribution in [-0.2, 0) is 22.6 Å². The number of carbonyl (C=O) groups excluding carboxylic acids is 3. The number of carbonyl (C=O) groups is 3. The Kier molecular flexibility index (Phi) is 10.7. The van der Waals surface area contributed by atoms with Crippen molar-refractivity contribution in [3.8, 4) is 11.1 Å². The van der Waals surface area contributed by atoms with E-state index in [1.165, 1.54) is 0 Å². The quantitative estimate of drug-likeness (QED) is 0.222. The number of aryl methyl sites for hydroxylation is 1. The fourth-order valence-corrected chi connectivity index (χ4v) is 5.34. The average molecular weight is 587 g/mol. The van der Waals surface area contributed by atoms with Gasteiger partial charge in [-0.2, -0.15) is 0 Å². The third kappa shape index (κ3) is 8.28. The van der Waals surface area contributed by atoms with Gasteiger partial charge in [0.1, 0.15) is 6.04 Å². The minimum Gasteiger partial charge on any atom is -0.394 e. The molecule has 3 aromatic rings. The van der Waals surface area contributed by atoms with Crippen molar-refractivity contribution in [3.05, 3.63) is 89.5 Å². The Balaban J connectivity index is 1.52. The van der Waals surface area contributed by atoms with E-state index in [1.54, 1.807) is 4.90 Å². The molecule has 228 valence electrons. The fraction of sp³-hybridized carbons (Fsp3) is 0.382. The molecule has 0 saturated carbocycles. The lowest BCUT2D eigenvalue weighted by Gasteiger charge is -2.29. The molecule has 2 atom stereocenters. The molecule has 43 heavy (non-hydrogen) atoms. The van der Waals surface area contributed by atoms with Gasteiger partial charge in [-0.1, -0.05) is 60.7 Å². The summed E-state index contributed by atoms with van der Waals surface area (Å²) in [4.78, 5) is 41.3. The van der Waals surface area contributed by atoms with Gasteiger partial charge in [0.2, 0.25) is 11.8 Å². The highest BCUT2D eigenvalue weighted by Crippen LogP contribution is 2.30. The van der Waals surface area contributed by atoms with Crippen molar-refractivity contribution in [2.45, 2.75) is 64.3 Å². The Hall–Kier alpha value is -4.05. The summed E-state index contributed by atoms with van der Waals surface area (Å²) in [5.41, 5.74) is 4.49. The molecule has 5 N–H and O–H groups in total. The second kappa shape index (κ2) is 14.4. The van der Waals surface area contributed by atoms with Gasteiger partial charge in [-0.25, -0.2) is 0 Å². The van der Waals surface area contributed by atoms with Crippen molar-refractivity contribution in [2.75, 3.05) is 24.6 Å². The van der Waals surface area contributed by atoms with Crippen LogP contribution < -0.4 is 20.9 Å². The van der Waals surface area contributed by atoms with Gasteiger partial charge in [-0.15, -0.1) is 0 Å². The van der Waals surface area contributed by atoms with E-state index in [1.807, 2.05) is 93.6 Å². The molecule has 0 unspecified atom stereocenters. The maximum Gasteiger partial charge on any atom is 0.251 e. The SMILES string of the molecule is CCNC(=O)c1ccccc1-c1ccc(CN2C(=O)[C@H](NC(=O)CC(C)(C)NC[C@H](O)CO)CCc3ccccc32)cc1. The number of nitrogens with zero attached hydrogens (tertiary/aromatic N) is 1. The van der Waals surface area contributed by atoms with Gasteiger partial charge in [-0.3, -0.25) is 14.4 Å². The molecule has 0 fully saturated rings. The molecular weight excluding hydrogens is 544 g/mol. The maximum absolute atomic E-state index is 13.9. The van der Waals surface area contributed by atoms with Crippen molar-refractivity contribution >= 4 is 23.4 Å². The molecule has 4 rings (SSSR count). The number of rotatable bonds is 12. The standard InChI is InChI=1S/C34H42N4O5/c1-4-35-32(42)28-11-7-6-10-27(28)24-15-13-23(14-16-24)21-38-30-12-8-5-9-25(30)17-18-29(33(38)43)37-31(41)19-34(2,3)36-20-26(40)22-39/h5-16,26,29,36,39-40H,4,17-22H2,1-3H3,(H,35,42)(H,37,41)/t26-,29+/m0/s1. The molecule has 0 saturated heterocycles. The number of benzene rings is 3. The molecular formula is C34H42N4O5. The van der Waals surface area contributed by atoms with Crippen LogP contribution in [0.4, 0.5) is 5.69 Å². The number of para-hydroxylation sites is 1. The van der Waals surface area contributed by atoms with Gasteiger partial charge in [0.05, 0.1) is 19.3 Å². The number of aliphatic hydroxyl groups excluding tert-OH is 2. The number of fused-ring (bicyclic) bond motifs is 1. The van der Waals surface area contributed by atoms with E-state index < -0.39 is 17.7 Å². The monoisotopic (exact) mass is 586 g/mol. The molecule has 0 radical (unpaired) electrons. The third-order valence-corrected chi connectivity index (χ3v) is 7.63. The molecule has 9 nitrogen and oxygen atoms in total. The normalized spacial score (nSPS) is 15.8. The van der Waals surface area contributed by atoms with Crippen molar-refractivity contribution < 1.29 is 24.6 Å². The van der Waals surface area contributed by atoms with Crippen molar-refractivity contribution in [1.29, 1.82) is 0 Å². The average Bonchev–Trinajstić information content (AvgIpc) is 3.12. The van der Waals surface area contributed by atoms with Gasteiger partial charge in [0.15, 0.2) is 0 Å². The molecule has 3 amide bonds. The minimum atomic E-state index is -0.915. The Morgan fingerprint density at radius 1 is 1.02 bits per heavy atom. The van der Waals surface area contributed by atoms with Gasteiger partial charge in [0.25, 0.3) is 5.91 Å². The van der Waals surface area contributed by atoms with Crippen LogP contribution in [0, 0.1) is 0 Å². The first kappa shape index (κ1) is 31.9. The summed E-state index contributed by atoms with van der Waals surface area (Å²) in [5.74, 6) is -0.565. The van der Waals surface area contributed by atoms with Crippen molar-refractivity contribution in [1.82, 2.24) is 16.0 Å². The van der Waals surface area contributed by atoms with Gasteiger partial charge in [-0.05, 0) is 68.0 Å². The first-order valence-electron chi connectivity index (χ1n) is 14.8. The van der Waals surface area contributed by atoms with Gasteiger partial charge in [0, 0.05) is 36.3 Å². The van der Waals surface area contributed by atoms with Crippen LogP contribution in [-0.4, -0.2) is 65.3 Å². The highest BCUT2D eigenvalue weighted by molar-refractivity contribution is 6.01. The second-order valence-electron chi connectivity index (χ2n) is 11.6. The van der Waals surface area contributed by atoms with Gasteiger partial charge < -0.3 is 31.1 Å². The molecule has 0 spiro atoms. The predicted octanol–water partition coefficient (Wildman–Crippen LogP) is 3.18. The number of aliphatic hydroxyl groups is 2. The van der Waals surface area contributed by atoms with E-state index in [4.69, 9.17) is 5.11 Å². The van der Waals surface area contributed by atoms with E-state index in [9.17, 15) is 19.5 Å². The zero-order chi connectivity index (χ0) is 31.0. The lowest BCUT2D eigenvalue weighted by Crippen LogP contribution is -2.51. The second-order valence-corrected chi connectivity index (χ2v) is 11.6. The first-order chi connectivity index (χ1) is 20.6. The van der Waals surface area contributed by atoms with Crippen LogP contribution in [0.5, 0.6) is 0 Å². The highest BCUT2D eigenvalue weighted by atomic mass is 16.3. The smallest absolute Gasteiger partial charge is 0.251 e. The Labute approximate surface area is 253 Å². The van der Waals surface area contributed by atoms with Crippen molar-refractivity contribution in [2.24, 2.45) is 0 Å². The van der Waals surface area contributed by atoms with E-state index in [0.29, 0.717) is 31.5 Å². The summed E-state index contributed by atoms with van der Waals surface area (Å²) >= 11 is 0. The summed E-state index contributed by atoms with van der Waals surface area (Å²) < 4.78 is 0. The fourth-order valence-electron chi connectivity index (χ4n) is 5.34. The van der Waals surface area contributed by atoms with E-state index in [-0.39, 0.29) is 37.3 Å². The summed E-state index contributed by atoms with van der Waals surface area (Å²) in [6, 6.07) is 22.5. The maximum atomic E-state index is 13.9. The number of amides is 3. The highest BCUT2D eigenvalue weighted by Gasteiger charge is 2.32. The van der Waals surface area contributed by atoms with Crippen LogP contribution in [0.2, 0.25) is 0 Å². The van der Waals surface area contributed by atoms with Gasteiger partial charge >= 0.3 is 0 Å². The van der Waals surface area contributed by atoms with Crippen LogP contribution in [0.15, 0.2) is 72.8 Å². The number of hydrogen-bond donors (Lipinski definition) is 5. The van der Waals surface area contributed by atoms with E-state index >= 15 is 0 Å². The molecule has 3 aromatic carbocycles. The molecule has 0 bridgehead atoms. The number of nitrogens with one attached hydrogen (secondary N) is 3. The Morgan fingerprint density at radius 2 is 1.72 bits per heavy atom. The van der Waals surface area contributed by atoms with E-state index in [0.717, 1.165) is 27.9 Å². The summed E-state index contributed by atoms with van der Waals surface area (Å²) in [6.07, 6.45) is 0.303. The summed E-state index contributed by atoms with van der Waals surface area (Å²) in [6.45, 7) is 6.22. The molecule has 0 aliphatic carbocycles. The van der Waals surface area contributed by atoms with Crippen LogP contribution in [0.1, 0.15) is 55.1 Å². The number of anilines is 1. The topological polar surface area (TPSA) is 131 Å². The molecule has 1 aliphatic heterocycles. The Morgan fingerprint density at radius 3 is 2.44 bits per heavy atom. The molecule has 9 heteroatoms. The first-order valence-corrected chi connectivity index (χ1v) is 14.8. The van der Waals surface area contributed by atoms with E-state index in [2.05, 4.69) is 16.0 Å². The number of β-amino-alcohol motifs (C(OH)–C–C–N with tert-alkyl or cyclic N) is 1. The largest absolute Gasteiger partial charge is 0.394 e. The predicted molar refractivity (Wildman–Crippen MR) is 168 cm³/mol. The van der Waals surface area contributed by atoms with Crippen LogP contribution in [0.25, 0.3) is 11.1 Å². The molecule has 1 aliphatic rings. The lowest BCUT2D eigenvalue weighted by molar-refractivity contribution is -0.128. The number of hydrogen-bond acceptors (Lipinski definition) is 6. The molecule has 0 aromatic heterocycles. The van der Waals surface area contributed by atoms with Crippen molar-refractivity contribution in [3.63, 3.8) is 0 Å². The van der Waals surface area contributed by atoms with Crippen LogP contribution in [0.3, 0.4) is 0 Å². The summed E-state index contributed by atoms with van der Waals surface area (Å²) in [5, 5.41) is 27.7. The molecule has 1 heterocycles. The Bertz CT molecular complexity index is 1420. The zero-order valence-electron chi connectivity index (χ0n) is 25.1. The lowest BCUT2D eigenvalue weighted by atomic mass is 9.98. The minimum absolute atomic E-state index is 0.0983. The summed E-state index contributed by atoms with van der Waals surface area (Å²) in [7, 11) is 0.